The molecule has 5 nitrogen and oxygen atoms in total. The molecule has 2 N–H and O–H groups in total. The van der Waals surface area contributed by atoms with Gasteiger partial charge >= 0.3 is 0 Å². The summed E-state index contributed by atoms with van der Waals surface area (Å²) in [4.78, 5) is 12.3. The average molecular weight is 384 g/mol. The highest BCUT2D eigenvalue weighted by molar-refractivity contribution is 6.30. The van der Waals surface area contributed by atoms with E-state index in [9.17, 15) is 10.1 Å². The normalized spacial score (nSPS) is 12.0. The first-order valence-electron chi connectivity index (χ1n) is 8.56. The lowest BCUT2D eigenvalue weighted by atomic mass is 10.1. The molecule has 2 aromatic carbocycles. The number of amides is 1. The van der Waals surface area contributed by atoms with Gasteiger partial charge in [-0.25, -0.2) is 0 Å². The van der Waals surface area contributed by atoms with Crippen LogP contribution in [0.1, 0.15) is 24.1 Å². The highest BCUT2D eigenvalue weighted by Gasteiger charge is 2.13. The molecule has 27 heavy (non-hydrogen) atoms. The van der Waals surface area contributed by atoms with E-state index < -0.39 is 5.91 Å². The third-order valence-corrected chi connectivity index (χ3v) is 4.30. The molecule has 1 atom stereocenters. The number of ether oxygens (including phenoxy) is 1. The summed E-state index contributed by atoms with van der Waals surface area (Å²) >= 11 is 5.86. The summed E-state index contributed by atoms with van der Waals surface area (Å²) in [5.41, 5.74) is 2.08. The second-order valence-electron chi connectivity index (χ2n) is 5.97. The van der Waals surface area contributed by atoms with Crippen LogP contribution in [-0.2, 0) is 11.2 Å². The summed E-state index contributed by atoms with van der Waals surface area (Å²) in [7, 11) is 1.60. The Kier molecular flexibility index (Phi) is 7.72. The predicted octanol–water partition coefficient (Wildman–Crippen LogP) is 3.77. The molecule has 0 bridgehead atoms. The summed E-state index contributed by atoms with van der Waals surface area (Å²) in [6.45, 7) is 2.47. The van der Waals surface area contributed by atoms with Gasteiger partial charge in [0.1, 0.15) is 17.4 Å². The number of carbonyl (C=O) groups excluding carboxylic acids is 1. The fraction of sp³-hybridized carbons (Fsp3) is 0.238. The van der Waals surface area contributed by atoms with E-state index in [-0.39, 0.29) is 11.6 Å². The van der Waals surface area contributed by atoms with Crippen molar-refractivity contribution in [3.05, 3.63) is 76.5 Å². The smallest absolute Gasteiger partial charge is 0.263 e. The second-order valence-corrected chi connectivity index (χ2v) is 6.41. The fourth-order valence-electron chi connectivity index (χ4n) is 2.44. The van der Waals surface area contributed by atoms with Gasteiger partial charge < -0.3 is 15.4 Å². The lowest BCUT2D eigenvalue weighted by molar-refractivity contribution is -0.117. The Bertz CT molecular complexity index is 824. The van der Waals surface area contributed by atoms with E-state index in [0.717, 1.165) is 23.3 Å². The third-order valence-electron chi connectivity index (χ3n) is 4.05. The van der Waals surface area contributed by atoms with Gasteiger partial charge in [0.05, 0.1) is 13.2 Å². The van der Waals surface area contributed by atoms with Gasteiger partial charge in [0.25, 0.3) is 5.91 Å². The quantitative estimate of drug-likeness (QED) is 0.413. The lowest BCUT2D eigenvalue weighted by Crippen LogP contribution is -2.28. The summed E-state index contributed by atoms with van der Waals surface area (Å²) in [5.74, 6) is 0.333. The number of nitrogens with zero attached hydrogens (tertiary/aromatic N) is 1. The summed E-state index contributed by atoms with van der Waals surface area (Å²) in [5, 5.41) is 15.8. The van der Waals surface area contributed by atoms with Crippen LogP contribution in [0.4, 0.5) is 0 Å². The Morgan fingerprint density at radius 1 is 1.22 bits per heavy atom. The van der Waals surface area contributed by atoms with E-state index in [1.807, 2.05) is 61.5 Å². The number of hydrogen-bond acceptors (Lipinski definition) is 4. The van der Waals surface area contributed by atoms with E-state index in [2.05, 4.69) is 10.6 Å². The fourth-order valence-corrected chi connectivity index (χ4v) is 2.57. The first kappa shape index (κ1) is 20.3. The topological polar surface area (TPSA) is 74.1 Å². The molecule has 1 amide bonds. The number of methoxy groups -OCH3 is 1. The molecule has 0 aliphatic rings. The Hall–Kier alpha value is -2.97. The SMILES string of the molecule is COc1ccc(C(C)NC(=O)/C(C#N)=C\NCCc2ccc(Cl)cc2)cc1. The first-order valence-corrected chi connectivity index (χ1v) is 8.94. The minimum Gasteiger partial charge on any atom is -0.497 e. The number of rotatable bonds is 8. The van der Waals surface area contributed by atoms with Gasteiger partial charge in [-0.3, -0.25) is 4.79 Å². The Balaban J connectivity index is 1.87. The minimum atomic E-state index is -0.417. The van der Waals surface area contributed by atoms with Gasteiger partial charge in [-0.1, -0.05) is 35.9 Å². The lowest BCUT2D eigenvalue weighted by Gasteiger charge is -2.14. The van der Waals surface area contributed by atoms with Crippen molar-refractivity contribution >= 4 is 17.5 Å². The molecule has 0 aliphatic carbocycles. The van der Waals surface area contributed by atoms with Crippen molar-refractivity contribution in [2.24, 2.45) is 0 Å². The van der Waals surface area contributed by atoms with Crippen molar-refractivity contribution in [3.8, 4) is 11.8 Å². The molecule has 1 unspecified atom stereocenters. The molecule has 0 fully saturated rings. The van der Waals surface area contributed by atoms with Crippen molar-refractivity contribution in [2.45, 2.75) is 19.4 Å². The summed E-state index contributed by atoms with van der Waals surface area (Å²) < 4.78 is 5.12. The van der Waals surface area contributed by atoms with Crippen LogP contribution >= 0.6 is 11.6 Å². The molecule has 0 saturated heterocycles. The van der Waals surface area contributed by atoms with Crippen molar-refractivity contribution in [1.82, 2.24) is 10.6 Å². The average Bonchev–Trinajstić information content (AvgIpc) is 2.69. The number of hydrogen-bond donors (Lipinski definition) is 2. The molecule has 0 spiro atoms. The molecule has 0 radical (unpaired) electrons. The molecule has 0 saturated carbocycles. The number of nitriles is 1. The van der Waals surface area contributed by atoms with Crippen LogP contribution in [-0.4, -0.2) is 19.6 Å². The van der Waals surface area contributed by atoms with E-state index in [4.69, 9.17) is 16.3 Å². The summed E-state index contributed by atoms with van der Waals surface area (Å²) in [6.07, 6.45) is 2.21. The molecule has 6 heteroatoms. The number of halogens is 1. The number of benzene rings is 2. The second kappa shape index (κ2) is 10.2. The van der Waals surface area contributed by atoms with Crippen LogP contribution in [0.2, 0.25) is 5.02 Å². The molecule has 0 aromatic heterocycles. The highest BCUT2D eigenvalue weighted by Crippen LogP contribution is 2.17. The number of nitrogens with one attached hydrogen (secondary N) is 2. The Morgan fingerprint density at radius 2 is 1.89 bits per heavy atom. The van der Waals surface area contributed by atoms with Crippen LogP contribution in [0, 0.1) is 11.3 Å². The van der Waals surface area contributed by atoms with Crippen molar-refractivity contribution in [3.63, 3.8) is 0 Å². The van der Waals surface area contributed by atoms with Crippen molar-refractivity contribution < 1.29 is 9.53 Å². The maximum Gasteiger partial charge on any atom is 0.263 e. The highest BCUT2D eigenvalue weighted by atomic mass is 35.5. The van der Waals surface area contributed by atoms with Crippen LogP contribution < -0.4 is 15.4 Å². The monoisotopic (exact) mass is 383 g/mol. The maximum atomic E-state index is 12.3. The number of carbonyl (C=O) groups is 1. The van der Waals surface area contributed by atoms with Gasteiger partial charge in [0.15, 0.2) is 0 Å². The molecular weight excluding hydrogens is 362 g/mol. The molecular formula is C21H22ClN3O2. The maximum absolute atomic E-state index is 12.3. The van der Waals surface area contributed by atoms with E-state index >= 15 is 0 Å². The predicted molar refractivity (Wildman–Crippen MR) is 106 cm³/mol. The van der Waals surface area contributed by atoms with E-state index in [0.29, 0.717) is 11.6 Å². The van der Waals surface area contributed by atoms with E-state index in [1.54, 1.807) is 7.11 Å². The van der Waals surface area contributed by atoms with Gasteiger partial charge in [-0.05, 0) is 48.7 Å². The van der Waals surface area contributed by atoms with Crippen molar-refractivity contribution in [1.29, 1.82) is 5.26 Å². The van der Waals surface area contributed by atoms with Gasteiger partial charge in [0, 0.05) is 17.8 Å². The zero-order valence-electron chi connectivity index (χ0n) is 15.3. The van der Waals surface area contributed by atoms with Crippen LogP contribution in [0.3, 0.4) is 0 Å². The third kappa shape index (κ3) is 6.36. The Labute approximate surface area is 164 Å². The van der Waals surface area contributed by atoms with Crippen molar-refractivity contribution in [2.75, 3.05) is 13.7 Å². The zero-order valence-corrected chi connectivity index (χ0v) is 16.1. The Morgan fingerprint density at radius 3 is 2.48 bits per heavy atom. The molecule has 0 aliphatic heterocycles. The summed E-state index contributed by atoms with van der Waals surface area (Å²) in [6, 6.07) is 16.7. The minimum absolute atomic E-state index is 0.0338. The van der Waals surface area contributed by atoms with Crippen LogP contribution in [0.15, 0.2) is 60.3 Å². The molecule has 0 heterocycles. The van der Waals surface area contributed by atoms with E-state index in [1.165, 1.54) is 6.20 Å². The largest absolute Gasteiger partial charge is 0.497 e. The van der Waals surface area contributed by atoms with Crippen LogP contribution in [0.25, 0.3) is 0 Å². The molecule has 2 rings (SSSR count). The standard InChI is InChI=1S/C21H22ClN3O2/c1-15(17-5-9-20(27-2)10-6-17)25-21(26)18(13-23)14-24-12-11-16-3-7-19(22)8-4-16/h3-10,14-15,24H,11-12H2,1-2H3,(H,25,26)/b18-14-. The molecule has 140 valence electrons. The van der Waals surface area contributed by atoms with Gasteiger partial charge in [-0.15, -0.1) is 0 Å². The van der Waals surface area contributed by atoms with Gasteiger partial charge in [0.2, 0.25) is 0 Å². The first-order chi connectivity index (χ1) is 13.0. The zero-order chi connectivity index (χ0) is 19.6. The van der Waals surface area contributed by atoms with Gasteiger partial charge in [-0.2, -0.15) is 5.26 Å². The molecule has 2 aromatic rings. The van der Waals surface area contributed by atoms with Crippen LogP contribution in [0.5, 0.6) is 5.75 Å².